The van der Waals surface area contributed by atoms with Gasteiger partial charge in [0.05, 0.1) is 0 Å². The van der Waals surface area contributed by atoms with Gasteiger partial charge >= 0.3 is 0 Å². The van der Waals surface area contributed by atoms with Gasteiger partial charge in [0.25, 0.3) is 0 Å². The van der Waals surface area contributed by atoms with Crippen LogP contribution < -0.4 is 21.2 Å². The molecule has 0 saturated heterocycles. The van der Waals surface area contributed by atoms with Gasteiger partial charge < -0.3 is 0 Å². The van der Waals surface area contributed by atoms with Gasteiger partial charge in [-0.25, -0.2) is 0 Å². The van der Waals surface area contributed by atoms with Gasteiger partial charge in [-0.3, -0.25) is 9.59 Å². The molecule has 0 N–H and O–H groups in total. The molecule has 0 amide bonds. The number of benzene rings is 4. The number of rotatable bonds is 9. The molecule has 4 aromatic carbocycles. The number of hydrogen-bond acceptors (Lipinski definition) is 2. The minimum absolute atomic E-state index is 0.708. The summed E-state index contributed by atoms with van der Waals surface area (Å²) in [5, 5.41) is 4.78. The van der Waals surface area contributed by atoms with Crippen LogP contribution in [0.1, 0.15) is 20.7 Å². The topological polar surface area (TPSA) is 34.1 Å². The molecule has 0 aliphatic rings. The second-order valence-electron chi connectivity index (χ2n) is 7.33. The quantitative estimate of drug-likeness (QED) is 0.267. The fourth-order valence-corrected chi connectivity index (χ4v) is 9.49. The lowest BCUT2D eigenvalue weighted by molar-refractivity contribution is 0.111. The zero-order chi connectivity index (χ0) is 22.2. The first kappa shape index (κ1) is 22.3. The van der Waals surface area contributed by atoms with Crippen LogP contribution in [0, 0.1) is 0 Å². The van der Waals surface area contributed by atoms with Crippen molar-refractivity contribution >= 4 is 49.6 Å². The van der Waals surface area contributed by atoms with Gasteiger partial charge in [-0.05, 0) is 49.4 Å². The predicted octanol–water partition coefficient (Wildman–Crippen LogP) is 4.88. The Balaban J connectivity index is 1.74. The lowest BCUT2D eigenvalue weighted by Crippen LogP contribution is -2.23. The molecule has 0 heterocycles. The first-order chi connectivity index (χ1) is 15.8. The Bertz CT molecular complexity index is 1080. The van der Waals surface area contributed by atoms with Crippen molar-refractivity contribution in [2.45, 2.75) is 0 Å². The van der Waals surface area contributed by atoms with E-state index >= 15 is 0 Å². The Labute approximate surface area is 191 Å². The van der Waals surface area contributed by atoms with Crippen LogP contribution in [0.5, 0.6) is 0 Å². The van der Waals surface area contributed by atoms with Crippen LogP contribution in [-0.2, 0) is 0 Å². The van der Waals surface area contributed by atoms with Crippen molar-refractivity contribution < 1.29 is 9.59 Å². The summed E-state index contributed by atoms with van der Waals surface area (Å²) in [7, 11) is -1.42. The van der Waals surface area contributed by atoms with E-state index in [4.69, 9.17) is 0 Å². The summed E-state index contributed by atoms with van der Waals surface area (Å²) in [6.07, 6.45) is 3.82. The van der Waals surface area contributed by atoms with E-state index in [2.05, 4.69) is 60.7 Å². The Morgan fingerprint density at radius 1 is 0.469 bits per heavy atom. The third kappa shape index (κ3) is 5.10. The zero-order valence-electron chi connectivity index (χ0n) is 17.7. The molecule has 158 valence electrons. The van der Waals surface area contributed by atoms with Gasteiger partial charge in [0.1, 0.15) is 0 Å². The maximum absolute atomic E-state index is 11.8. The summed E-state index contributed by atoms with van der Waals surface area (Å²) in [4.78, 5) is 23.6. The van der Waals surface area contributed by atoms with Gasteiger partial charge in [-0.15, -0.1) is 0 Å². The molecule has 32 heavy (non-hydrogen) atoms. The largest absolute Gasteiger partial charge is 0.298 e. The molecule has 0 aliphatic carbocycles. The fourth-order valence-electron chi connectivity index (χ4n) is 3.86. The van der Waals surface area contributed by atoms with Crippen LogP contribution in [-0.4, -0.2) is 24.9 Å². The molecular formula is C28H24O2P2. The van der Waals surface area contributed by atoms with Gasteiger partial charge in [0, 0.05) is 11.1 Å². The van der Waals surface area contributed by atoms with E-state index < -0.39 is 15.8 Å². The van der Waals surface area contributed by atoms with Crippen molar-refractivity contribution in [3.05, 3.63) is 120 Å². The normalized spacial score (nSPS) is 12.6. The monoisotopic (exact) mass is 454 g/mol. The highest BCUT2D eigenvalue weighted by molar-refractivity contribution is 7.76. The lowest BCUT2D eigenvalue weighted by atomic mass is 10.2. The average molecular weight is 454 g/mol. The summed E-state index contributed by atoms with van der Waals surface area (Å²) in [5.41, 5.74) is 1.53. The minimum atomic E-state index is -0.708. The number of aldehydes is 2. The van der Waals surface area contributed by atoms with Crippen LogP contribution in [0.25, 0.3) is 0 Å². The SMILES string of the molecule is O=Cc1ccccc1[P@@](CC[P@@](c1ccccc1)c1ccccc1C=O)c1ccccc1. The summed E-state index contributed by atoms with van der Waals surface area (Å²) < 4.78 is 0. The molecule has 2 nitrogen and oxygen atoms in total. The molecule has 0 fully saturated rings. The fraction of sp³-hybridized carbons (Fsp3) is 0.0714. The van der Waals surface area contributed by atoms with Gasteiger partial charge in [-0.1, -0.05) is 109 Å². The molecule has 0 spiro atoms. The predicted molar refractivity (Wildman–Crippen MR) is 139 cm³/mol. The molecule has 0 unspecified atom stereocenters. The van der Waals surface area contributed by atoms with Crippen molar-refractivity contribution in [1.82, 2.24) is 0 Å². The van der Waals surface area contributed by atoms with Crippen LogP contribution >= 0.6 is 15.8 Å². The van der Waals surface area contributed by atoms with E-state index in [0.717, 1.165) is 46.6 Å². The van der Waals surface area contributed by atoms with E-state index in [1.54, 1.807) is 0 Å². The highest BCUT2D eigenvalue weighted by Crippen LogP contribution is 2.42. The third-order valence-electron chi connectivity index (χ3n) is 5.39. The molecule has 0 bridgehead atoms. The molecule has 2 atom stereocenters. The second-order valence-corrected chi connectivity index (χ2v) is 11.9. The summed E-state index contributed by atoms with van der Waals surface area (Å²) >= 11 is 0. The smallest absolute Gasteiger partial charge is 0.150 e. The van der Waals surface area contributed by atoms with Crippen LogP contribution in [0.2, 0.25) is 0 Å². The van der Waals surface area contributed by atoms with E-state index in [-0.39, 0.29) is 0 Å². The van der Waals surface area contributed by atoms with Crippen LogP contribution in [0.4, 0.5) is 0 Å². The van der Waals surface area contributed by atoms with E-state index in [9.17, 15) is 9.59 Å². The summed E-state index contributed by atoms with van der Waals surface area (Å²) in [6.45, 7) is 0. The van der Waals surface area contributed by atoms with E-state index in [0.29, 0.717) is 0 Å². The van der Waals surface area contributed by atoms with Crippen molar-refractivity contribution in [2.24, 2.45) is 0 Å². The molecule has 0 saturated carbocycles. The Morgan fingerprint density at radius 3 is 1.19 bits per heavy atom. The Hall–Kier alpha value is -2.92. The number of carbonyl (C=O) groups excluding carboxylic acids is 2. The van der Waals surface area contributed by atoms with Gasteiger partial charge in [0.2, 0.25) is 0 Å². The number of carbonyl (C=O) groups is 2. The van der Waals surface area contributed by atoms with Gasteiger partial charge in [-0.2, -0.15) is 0 Å². The van der Waals surface area contributed by atoms with E-state index in [1.807, 2.05) is 48.5 Å². The molecule has 4 heteroatoms. The number of hydrogen-bond donors (Lipinski definition) is 0. The van der Waals surface area contributed by atoms with Crippen molar-refractivity contribution in [1.29, 1.82) is 0 Å². The second kappa shape index (κ2) is 11.1. The average Bonchev–Trinajstić information content (AvgIpc) is 2.88. The highest BCUT2D eigenvalue weighted by Gasteiger charge is 2.22. The van der Waals surface area contributed by atoms with Crippen LogP contribution in [0.15, 0.2) is 109 Å². The maximum Gasteiger partial charge on any atom is 0.150 e. The molecular weight excluding hydrogens is 430 g/mol. The lowest BCUT2D eigenvalue weighted by Gasteiger charge is -2.25. The highest BCUT2D eigenvalue weighted by atomic mass is 31.1. The molecule has 4 rings (SSSR count). The van der Waals surface area contributed by atoms with Gasteiger partial charge in [0.15, 0.2) is 12.6 Å². The zero-order valence-corrected chi connectivity index (χ0v) is 19.5. The van der Waals surface area contributed by atoms with Crippen molar-refractivity contribution in [3.8, 4) is 0 Å². The molecule has 0 aliphatic heterocycles. The molecule has 0 aromatic heterocycles. The summed E-state index contributed by atoms with van der Waals surface area (Å²) in [5.74, 6) is 0. The standard InChI is InChI=1S/C28H24O2P2/c29-21-23-11-7-9-17-27(23)31(25-13-3-1-4-14-25)19-20-32(26-15-5-2-6-16-26)28-18-10-8-12-24(28)22-30/h1-18,21-22H,19-20H2/t31-,32-/m0/s1. The maximum atomic E-state index is 11.8. The first-order valence-corrected chi connectivity index (χ1v) is 13.6. The first-order valence-electron chi connectivity index (χ1n) is 10.6. The molecule has 4 aromatic rings. The minimum Gasteiger partial charge on any atom is -0.298 e. The van der Waals surface area contributed by atoms with E-state index in [1.165, 1.54) is 10.6 Å². The Kier molecular flexibility index (Phi) is 7.73. The molecule has 0 radical (unpaired) electrons. The van der Waals surface area contributed by atoms with Crippen molar-refractivity contribution in [3.63, 3.8) is 0 Å². The summed E-state index contributed by atoms with van der Waals surface area (Å²) in [6, 6.07) is 36.8. The van der Waals surface area contributed by atoms with Crippen LogP contribution in [0.3, 0.4) is 0 Å². The Morgan fingerprint density at radius 2 is 0.812 bits per heavy atom. The third-order valence-corrected chi connectivity index (χ3v) is 10.9. The van der Waals surface area contributed by atoms with Crippen molar-refractivity contribution in [2.75, 3.05) is 12.3 Å².